The zero-order valence-electron chi connectivity index (χ0n) is 22.5. The van der Waals surface area contributed by atoms with Crippen molar-refractivity contribution >= 4 is 29.5 Å². The Hall–Kier alpha value is -4.03. The number of carbonyl (C=O) groups excluding carboxylic acids is 2. The van der Waals surface area contributed by atoms with Crippen LogP contribution in [0.5, 0.6) is 5.75 Å². The molecule has 1 heterocycles. The molecule has 1 aliphatic heterocycles. The molecule has 3 aromatic carbocycles. The van der Waals surface area contributed by atoms with Crippen LogP contribution in [0.1, 0.15) is 23.1 Å². The van der Waals surface area contributed by atoms with E-state index in [1.54, 1.807) is 24.3 Å². The summed E-state index contributed by atoms with van der Waals surface area (Å²) in [6, 6.07) is 16.1. The molecule has 3 unspecified atom stereocenters. The van der Waals surface area contributed by atoms with Crippen LogP contribution < -0.4 is 15.8 Å². The summed E-state index contributed by atoms with van der Waals surface area (Å²) in [7, 11) is 0. The van der Waals surface area contributed by atoms with Gasteiger partial charge in [0.2, 0.25) is 5.91 Å². The largest absolute Gasteiger partial charge is 0.478 e. The average Bonchev–Trinajstić information content (AvgIpc) is 3.46. The van der Waals surface area contributed by atoms with E-state index in [0.717, 1.165) is 17.2 Å². The zero-order chi connectivity index (χ0) is 30.2. The van der Waals surface area contributed by atoms with E-state index < -0.39 is 46.8 Å². The van der Waals surface area contributed by atoms with Gasteiger partial charge in [0.05, 0.1) is 0 Å². The van der Waals surface area contributed by atoms with E-state index in [1.807, 2.05) is 30.3 Å². The van der Waals surface area contributed by atoms with Crippen molar-refractivity contribution in [1.82, 2.24) is 10.2 Å². The van der Waals surface area contributed by atoms with E-state index in [2.05, 4.69) is 5.32 Å². The molecule has 0 aromatic heterocycles. The number of nitrogens with two attached hydrogens (primary N) is 1. The molecule has 0 bridgehead atoms. The molecular formula is C30H30F3N3O5S. The molecule has 3 atom stereocenters. The average molecular weight is 602 g/mol. The van der Waals surface area contributed by atoms with Crippen molar-refractivity contribution in [2.24, 2.45) is 5.73 Å². The van der Waals surface area contributed by atoms with Crippen LogP contribution in [0.2, 0.25) is 0 Å². The topological polar surface area (TPSA) is 122 Å². The van der Waals surface area contributed by atoms with Gasteiger partial charge < -0.3 is 25.8 Å². The number of nitrogens with one attached hydrogen (secondary N) is 1. The van der Waals surface area contributed by atoms with Gasteiger partial charge in [0.25, 0.3) is 5.91 Å². The molecule has 4 N–H and O–H groups in total. The van der Waals surface area contributed by atoms with Crippen molar-refractivity contribution < 1.29 is 37.4 Å². The van der Waals surface area contributed by atoms with E-state index in [-0.39, 0.29) is 37.3 Å². The number of benzene rings is 3. The number of thioether (sulfide) groups is 1. The number of amides is 2. The first-order valence-corrected chi connectivity index (χ1v) is 14.3. The van der Waals surface area contributed by atoms with Crippen LogP contribution >= 0.6 is 11.8 Å². The fourth-order valence-corrected chi connectivity index (χ4v) is 5.66. The maximum atomic E-state index is 14.0. The highest BCUT2D eigenvalue weighted by Crippen LogP contribution is 2.26. The summed E-state index contributed by atoms with van der Waals surface area (Å²) < 4.78 is 46.3. The molecule has 1 fully saturated rings. The third-order valence-electron chi connectivity index (χ3n) is 6.65. The number of nitrogens with zero attached hydrogens (tertiary/aromatic N) is 1. The molecule has 2 amide bonds. The SMILES string of the molecule is NC(CC(=O)N1CCSC1C(=O)NCc1ccc(OC(Cc2ccccc2)C(=O)O)cc1)Cc1cc(F)c(F)cc1F. The van der Waals surface area contributed by atoms with Crippen LogP contribution in [0.25, 0.3) is 0 Å². The molecule has 0 radical (unpaired) electrons. The summed E-state index contributed by atoms with van der Waals surface area (Å²) in [4.78, 5) is 38.9. The first kappa shape index (κ1) is 30.9. The number of ether oxygens (including phenoxy) is 1. The smallest absolute Gasteiger partial charge is 0.345 e. The van der Waals surface area contributed by atoms with Gasteiger partial charge in [-0.25, -0.2) is 18.0 Å². The summed E-state index contributed by atoms with van der Waals surface area (Å²) in [6.45, 7) is 0.493. The number of rotatable bonds is 12. The van der Waals surface area contributed by atoms with Crippen molar-refractivity contribution in [3.8, 4) is 5.75 Å². The van der Waals surface area contributed by atoms with Crippen molar-refractivity contribution in [3.05, 3.63) is 101 Å². The second-order valence-corrected chi connectivity index (χ2v) is 11.0. The molecule has 12 heteroatoms. The molecule has 1 saturated heterocycles. The lowest BCUT2D eigenvalue weighted by atomic mass is 10.0. The Balaban J connectivity index is 1.27. The van der Waals surface area contributed by atoms with E-state index in [4.69, 9.17) is 10.5 Å². The maximum absolute atomic E-state index is 14.0. The Kier molecular flexibility index (Phi) is 10.5. The molecule has 42 heavy (non-hydrogen) atoms. The quantitative estimate of drug-likeness (QED) is 0.271. The first-order valence-electron chi connectivity index (χ1n) is 13.2. The molecule has 3 aromatic rings. The van der Waals surface area contributed by atoms with Crippen LogP contribution in [0, 0.1) is 17.5 Å². The lowest BCUT2D eigenvalue weighted by molar-refractivity contribution is -0.145. The van der Waals surface area contributed by atoms with Gasteiger partial charge in [-0.15, -0.1) is 11.8 Å². The van der Waals surface area contributed by atoms with Crippen molar-refractivity contribution in [1.29, 1.82) is 0 Å². The maximum Gasteiger partial charge on any atom is 0.345 e. The van der Waals surface area contributed by atoms with Crippen molar-refractivity contribution in [3.63, 3.8) is 0 Å². The van der Waals surface area contributed by atoms with Gasteiger partial charge in [0.1, 0.15) is 11.6 Å². The monoisotopic (exact) mass is 601 g/mol. The minimum atomic E-state index is -1.31. The first-order chi connectivity index (χ1) is 20.1. The Morgan fingerprint density at radius 1 is 0.976 bits per heavy atom. The summed E-state index contributed by atoms with van der Waals surface area (Å²) in [6.07, 6.45) is -1.24. The Bertz CT molecular complexity index is 1410. The standard InChI is InChI=1S/C30H30F3N3O5S/c31-23-16-25(33)24(32)14-20(23)13-21(34)15-27(37)36-10-11-42-29(36)28(38)35-17-19-6-8-22(9-7-19)41-26(30(39)40)12-18-4-2-1-3-5-18/h1-9,14,16,21,26,29H,10-13,15,17,34H2,(H,35,38)(H,39,40). The number of carbonyl (C=O) groups is 3. The van der Waals surface area contributed by atoms with Crippen LogP contribution in [0.4, 0.5) is 13.2 Å². The van der Waals surface area contributed by atoms with Gasteiger partial charge in [0.15, 0.2) is 23.1 Å². The van der Waals surface area contributed by atoms with Crippen molar-refractivity contribution in [2.75, 3.05) is 12.3 Å². The van der Waals surface area contributed by atoms with Gasteiger partial charge >= 0.3 is 5.97 Å². The summed E-state index contributed by atoms with van der Waals surface area (Å²) in [5.74, 6) is -4.40. The summed E-state index contributed by atoms with van der Waals surface area (Å²) in [5.41, 5.74) is 7.44. The van der Waals surface area contributed by atoms with E-state index >= 15 is 0 Å². The molecule has 0 aliphatic carbocycles. The van der Waals surface area contributed by atoms with Crippen molar-refractivity contribution in [2.45, 2.75) is 43.3 Å². The lowest BCUT2D eigenvalue weighted by Crippen LogP contribution is -2.46. The number of hydrogen-bond acceptors (Lipinski definition) is 6. The van der Waals surface area contributed by atoms with E-state index in [1.165, 1.54) is 16.7 Å². The molecule has 0 spiro atoms. The molecule has 0 saturated carbocycles. The highest BCUT2D eigenvalue weighted by molar-refractivity contribution is 8.00. The molecule has 4 rings (SSSR count). The third-order valence-corrected chi connectivity index (χ3v) is 7.85. The predicted octanol–water partition coefficient (Wildman–Crippen LogP) is 3.66. The minimum Gasteiger partial charge on any atom is -0.478 e. The fourth-order valence-electron chi connectivity index (χ4n) is 4.49. The summed E-state index contributed by atoms with van der Waals surface area (Å²) >= 11 is 1.30. The normalized spacial score (nSPS) is 16.1. The van der Waals surface area contributed by atoms with Crippen LogP contribution in [0.3, 0.4) is 0 Å². The Labute approximate surface area is 245 Å². The fraction of sp³-hybridized carbons (Fsp3) is 0.300. The highest BCUT2D eigenvalue weighted by atomic mass is 32.2. The number of carboxylic acids is 1. The third kappa shape index (κ3) is 8.26. The molecule has 8 nitrogen and oxygen atoms in total. The second kappa shape index (κ2) is 14.2. The van der Waals surface area contributed by atoms with Crippen LogP contribution in [-0.4, -0.2) is 57.6 Å². The highest BCUT2D eigenvalue weighted by Gasteiger charge is 2.35. The van der Waals surface area contributed by atoms with E-state index in [9.17, 15) is 32.7 Å². The lowest BCUT2D eigenvalue weighted by Gasteiger charge is -2.24. The van der Waals surface area contributed by atoms with Crippen LogP contribution in [-0.2, 0) is 33.8 Å². The number of aliphatic carboxylic acids is 1. The number of hydrogen-bond donors (Lipinski definition) is 3. The second-order valence-electron chi connectivity index (χ2n) is 9.83. The van der Waals surface area contributed by atoms with Gasteiger partial charge in [-0.2, -0.15) is 0 Å². The molecule has 1 aliphatic rings. The minimum absolute atomic E-state index is 0.134. The number of halogens is 3. The van der Waals surface area contributed by atoms with Gasteiger partial charge in [-0.1, -0.05) is 42.5 Å². The molecular weight excluding hydrogens is 571 g/mol. The zero-order valence-corrected chi connectivity index (χ0v) is 23.3. The Morgan fingerprint density at radius 3 is 2.36 bits per heavy atom. The van der Waals surface area contributed by atoms with Gasteiger partial charge in [0, 0.05) is 43.8 Å². The summed E-state index contributed by atoms with van der Waals surface area (Å²) in [5, 5.41) is 11.6. The van der Waals surface area contributed by atoms with Gasteiger partial charge in [-0.3, -0.25) is 9.59 Å². The van der Waals surface area contributed by atoms with Crippen LogP contribution in [0.15, 0.2) is 66.7 Å². The predicted molar refractivity (Wildman–Crippen MR) is 151 cm³/mol. The Morgan fingerprint density at radius 2 is 1.67 bits per heavy atom. The number of carboxylic acid groups (broad SMARTS) is 1. The molecule has 222 valence electrons. The van der Waals surface area contributed by atoms with Gasteiger partial charge in [-0.05, 0) is 41.3 Å². The van der Waals surface area contributed by atoms with E-state index in [0.29, 0.717) is 24.1 Å².